The molecule has 0 N–H and O–H groups in total. The molecule has 5 rings (SSSR count). The first-order valence-electron chi connectivity index (χ1n) is 13.9. The van der Waals surface area contributed by atoms with E-state index in [9.17, 15) is 8.42 Å². The van der Waals surface area contributed by atoms with Gasteiger partial charge in [-0.15, -0.1) is 0 Å². The Morgan fingerprint density at radius 2 is 1.68 bits per heavy atom. The molecular formula is C30H40N4O5S. The third kappa shape index (κ3) is 5.90. The first kappa shape index (κ1) is 28.6. The van der Waals surface area contributed by atoms with Crippen molar-refractivity contribution < 1.29 is 22.6 Å². The number of methoxy groups -OCH3 is 3. The Hall–Kier alpha value is -2.92. The van der Waals surface area contributed by atoms with Gasteiger partial charge in [-0.3, -0.25) is 9.88 Å². The summed E-state index contributed by atoms with van der Waals surface area (Å²) in [5.74, 6) is 2.96. The highest BCUT2D eigenvalue weighted by Gasteiger charge is 2.41. The molecule has 0 amide bonds. The maximum Gasteiger partial charge on any atom is 0.243 e. The number of pyridine rings is 1. The molecule has 0 bridgehead atoms. The van der Waals surface area contributed by atoms with Crippen molar-refractivity contribution >= 4 is 20.8 Å². The molecule has 2 fully saturated rings. The number of sulfonamides is 1. The summed E-state index contributed by atoms with van der Waals surface area (Å²) in [7, 11) is 1.34. The first-order valence-corrected chi connectivity index (χ1v) is 15.4. The molecule has 2 atom stereocenters. The van der Waals surface area contributed by atoms with E-state index < -0.39 is 10.0 Å². The van der Waals surface area contributed by atoms with Crippen LogP contribution in [0.2, 0.25) is 0 Å². The second-order valence-corrected chi connectivity index (χ2v) is 12.5. The van der Waals surface area contributed by atoms with Gasteiger partial charge >= 0.3 is 0 Å². The number of nitrogens with zero attached hydrogens (tertiary/aromatic N) is 4. The summed E-state index contributed by atoms with van der Waals surface area (Å²) in [5, 5.41) is 1.57. The molecule has 1 aliphatic heterocycles. The van der Waals surface area contributed by atoms with E-state index in [-0.39, 0.29) is 0 Å². The minimum absolute atomic E-state index is 0.369. The molecule has 40 heavy (non-hydrogen) atoms. The van der Waals surface area contributed by atoms with E-state index >= 15 is 0 Å². The molecule has 9 nitrogen and oxygen atoms in total. The quantitative estimate of drug-likeness (QED) is 0.327. The Labute approximate surface area is 237 Å². The average Bonchev–Trinajstić information content (AvgIpc) is 3.72. The fourth-order valence-electron chi connectivity index (χ4n) is 5.86. The summed E-state index contributed by atoms with van der Waals surface area (Å²) >= 11 is 0. The van der Waals surface area contributed by atoms with Crippen LogP contribution in [0.1, 0.15) is 18.9 Å². The largest absolute Gasteiger partial charge is 0.493 e. The topological polar surface area (TPSA) is 84.4 Å². The van der Waals surface area contributed by atoms with Crippen molar-refractivity contribution in [2.24, 2.45) is 11.8 Å². The van der Waals surface area contributed by atoms with Crippen LogP contribution in [0.4, 0.5) is 0 Å². The normalized spacial score (nSPS) is 20.1. The van der Waals surface area contributed by atoms with E-state index in [0.717, 1.165) is 67.8 Å². The third-order valence-corrected chi connectivity index (χ3v) is 10.3. The SMILES string of the molecule is CCN(C[C@@H]1C[C@H]1CN1CCN(Cc2ccc(OC)c(OC)c2OC)CC1)S(=O)(=O)c1cccc2cnccc12. The summed E-state index contributed by atoms with van der Waals surface area (Å²) in [4.78, 5) is 9.47. The summed E-state index contributed by atoms with van der Waals surface area (Å²) in [6.07, 6.45) is 4.44. The van der Waals surface area contributed by atoms with Crippen molar-refractivity contribution in [1.82, 2.24) is 19.1 Å². The summed E-state index contributed by atoms with van der Waals surface area (Å²) < 4.78 is 45.5. The zero-order chi connectivity index (χ0) is 28.3. The molecule has 2 heterocycles. The molecule has 1 aliphatic carbocycles. The van der Waals surface area contributed by atoms with Crippen LogP contribution in [0, 0.1) is 11.8 Å². The van der Waals surface area contributed by atoms with E-state index in [1.54, 1.807) is 56.2 Å². The van der Waals surface area contributed by atoms with Crippen molar-refractivity contribution in [3.05, 3.63) is 54.4 Å². The molecule has 0 unspecified atom stereocenters. The van der Waals surface area contributed by atoms with Gasteiger partial charge in [-0.05, 0) is 36.5 Å². The van der Waals surface area contributed by atoms with Gasteiger partial charge in [0.25, 0.3) is 0 Å². The Balaban J connectivity index is 1.14. The molecule has 2 aliphatic rings. The Kier molecular flexibility index (Phi) is 8.80. The number of piperazine rings is 1. The molecule has 0 radical (unpaired) electrons. The van der Waals surface area contributed by atoms with E-state index in [1.807, 2.05) is 25.1 Å². The molecule has 1 aromatic heterocycles. The minimum Gasteiger partial charge on any atom is -0.493 e. The lowest BCUT2D eigenvalue weighted by Gasteiger charge is -2.35. The summed E-state index contributed by atoms with van der Waals surface area (Å²) in [6.45, 7) is 8.72. The maximum absolute atomic E-state index is 13.6. The maximum atomic E-state index is 13.6. The second kappa shape index (κ2) is 12.3. The van der Waals surface area contributed by atoms with Crippen molar-refractivity contribution in [1.29, 1.82) is 0 Å². The van der Waals surface area contributed by atoms with Crippen molar-refractivity contribution in [3.63, 3.8) is 0 Å². The number of rotatable bonds is 12. The van der Waals surface area contributed by atoms with Gasteiger partial charge in [0.1, 0.15) is 0 Å². The Morgan fingerprint density at radius 1 is 0.925 bits per heavy atom. The van der Waals surface area contributed by atoms with Crippen LogP contribution in [-0.2, 0) is 16.6 Å². The average molecular weight is 569 g/mol. The summed E-state index contributed by atoms with van der Waals surface area (Å²) in [5.41, 5.74) is 1.08. The molecule has 1 saturated carbocycles. The standard InChI is InChI=1S/C30H40N4O5S/c1-5-34(40(35,36)28-8-6-7-22-18-31-12-11-26(22)28)21-25-17-24(25)20-33-15-13-32(14-16-33)19-23-9-10-27(37-2)30(39-4)29(23)38-3/h6-12,18,24-25H,5,13-17,19-21H2,1-4H3/t24-,25-/m0/s1. The number of hydrogen-bond acceptors (Lipinski definition) is 8. The van der Waals surface area contributed by atoms with E-state index in [0.29, 0.717) is 41.3 Å². The smallest absolute Gasteiger partial charge is 0.243 e. The highest BCUT2D eigenvalue weighted by molar-refractivity contribution is 7.89. The van der Waals surface area contributed by atoms with Crippen LogP contribution < -0.4 is 14.2 Å². The number of fused-ring (bicyclic) bond motifs is 1. The van der Waals surface area contributed by atoms with Gasteiger partial charge in [0.05, 0.1) is 26.2 Å². The van der Waals surface area contributed by atoms with Crippen LogP contribution in [-0.4, -0.2) is 94.6 Å². The van der Waals surface area contributed by atoms with Gasteiger partial charge < -0.3 is 19.1 Å². The highest BCUT2D eigenvalue weighted by Crippen LogP contribution is 2.42. The lowest BCUT2D eigenvalue weighted by Crippen LogP contribution is -2.46. The summed E-state index contributed by atoms with van der Waals surface area (Å²) in [6, 6.07) is 11.2. The third-order valence-electron chi connectivity index (χ3n) is 8.26. The zero-order valence-electron chi connectivity index (χ0n) is 23.9. The molecule has 0 spiro atoms. The predicted octanol–water partition coefficient (Wildman–Crippen LogP) is 3.73. The minimum atomic E-state index is -3.58. The van der Waals surface area contributed by atoms with Gasteiger partial charge in [0, 0.05) is 81.1 Å². The fraction of sp³-hybridized carbons (Fsp3) is 0.500. The molecule has 216 valence electrons. The van der Waals surface area contributed by atoms with Crippen LogP contribution in [0.15, 0.2) is 53.7 Å². The second-order valence-electron chi connectivity index (χ2n) is 10.6. The number of ether oxygens (including phenoxy) is 3. The fourth-order valence-corrected chi connectivity index (χ4v) is 7.58. The molecule has 3 aromatic rings. The van der Waals surface area contributed by atoms with Crippen molar-refractivity contribution in [2.45, 2.75) is 24.8 Å². The van der Waals surface area contributed by atoms with Crippen LogP contribution in [0.5, 0.6) is 17.2 Å². The zero-order valence-corrected chi connectivity index (χ0v) is 24.7. The van der Waals surface area contributed by atoms with Gasteiger partial charge in [-0.1, -0.05) is 25.1 Å². The number of aromatic nitrogens is 1. The van der Waals surface area contributed by atoms with E-state index in [2.05, 4.69) is 14.8 Å². The van der Waals surface area contributed by atoms with Crippen molar-refractivity contribution in [3.8, 4) is 17.2 Å². The van der Waals surface area contributed by atoms with Crippen LogP contribution in [0.3, 0.4) is 0 Å². The van der Waals surface area contributed by atoms with E-state index in [1.165, 1.54) is 0 Å². The van der Waals surface area contributed by atoms with E-state index in [4.69, 9.17) is 14.2 Å². The molecule has 10 heteroatoms. The molecular weight excluding hydrogens is 528 g/mol. The van der Waals surface area contributed by atoms with Gasteiger partial charge in [0.15, 0.2) is 11.5 Å². The Morgan fingerprint density at radius 3 is 2.38 bits per heavy atom. The number of hydrogen-bond donors (Lipinski definition) is 0. The lowest BCUT2D eigenvalue weighted by molar-refractivity contribution is 0.120. The highest BCUT2D eigenvalue weighted by atomic mass is 32.2. The monoisotopic (exact) mass is 568 g/mol. The Bertz CT molecular complexity index is 1420. The van der Waals surface area contributed by atoms with Gasteiger partial charge in [-0.2, -0.15) is 4.31 Å². The predicted molar refractivity (Wildman–Crippen MR) is 156 cm³/mol. The molecule has 1 saturated heterocycles. The van der Waals surface area contributed by atoms with Gasteiger partial charge in [-0.25, -0.2) is 8.42 Å². The number of benzene rings is 2. The lowest BCUT2D eigenvalue weighted by atomic mass is 10.1. The first-order chi connectivity index (χ1) is 19.4. The van der Waals surface area contributed by atoms with Crippen LogP contribution >= 0.6 is 0 Å². The molecule has 2 aromatic carbocycles. The van der Waals surface area contributed by atoms with Crippen LogP contribution in [0.25, 0.3) is 10.8 Å². The van der Waals surface area contributed by atoms with Crippen molar-refractivity contribution in [2.75, 3.05) is 67.1 Å². The van der Waals surface area contributed by atoms with Gasteiger partial charge in [0.2, 0.25) is 15.8 Å².